The number of anilines is 1. The van der Waals surface area contributed by atoms with E-state index in [0.29, 0.717) is 12.4 Å². The molecular weight excluding hydrogens is 423 g/mol. The van der Waals surface area contributed by atoms with Crippen LogP contribution in [0.4, 0.5) is 10.2 Å². The quantitative estimate of drug-likeness (QED) is 0.552. The van der Waals surface area contributed by atoms with E-state index < -0.39 is 11.7 Å². The molecule has 0 bridgehead atoms. The van der Waals surface area contributed by atoms with Gasteiger partial charge in [0.1, 0.15) is 17.4 Å². The van der Waals surface area contributed by atoms with E-state index in [4.69, 9.17) is 4.74 Å². The number of rotatable bonds is 3. The maximum Gasteiger partial charge on any atom is 0.259 e. The van der Waals surface area contributed by atoms with Gasteiger partial charge >= 0.3 is 0 Å². The van der Waals surface area contributed by atoms with Crippen molar-refractivity contribution >= 4 is 27.7 Å². The van der Waals surface area contributed by atoms with Gasteiger partial charge in [0.2, 0.25) is 0 Å². The van der Waals surface area contributed by atoms with Crippen molar-refractivity contribution in [2.45, 2.75) is 20.3 Å². The summed E-state index contributed by atoms with van der Waals surface area (Å²) in [6.07, 6.45) is 2.56. The minimum Gasteiger partial charge on any atom is -0.492 e. The molecule has 1 amide bonds. The second-order valence-corrected chi connectivity index (χ2v) is 6.77. The van der Waals surface area contributed by atoms with E-state index in [9.17, 15) is 9.18 Å². The third-order valence-electron chi connectivity index (χ3n) is 4.20. The number of amides is 1. The number of carbonyl (C=O) groups is 1. The summed E-state index contributed by atoms with van der Waals surface area (Å²) in [4.78, 5) is 16.4. The lowest BCUT2D eigenvalue weighted by atomic mass is 10.0. The van der Waals surface area contributed by atoms with Crippen LogP contribution in [0.5, 0.6) is 5.75 Å². The van der Waals surface area contributed by atoms with Crippen molar-refractivity contribution < 1.29 is 13.9 Å². The van der Waals surface area contributed by atoms with Crippen molar-refractivity contribution in [2.24, 2.45) is 0 Å². The van der Waals surface area contributed by atoms with Gasteiger partial charge in [0, 0.05) is 18.2 Å². The summed E-state index contributed by atoms with van der Waals surface area (Å²) >= 11 is 3.54. The molecule has 0 unspecified atom stereocenters. The van der Waals surface area contributed by atoms with E-state index >= 15 is 0 Å². The molecule has 0 saturated carbocycles. The predicted molar refractivity (Wildman–Crippen MR) is 112 cm³/mol. The Kier molecular flexibility index (Phi) is 6.41. The largest absolute Gasteiger partial charge is 0.492 e. The zero-order chi connectivity index (χ0) is 20.1. The van der Waals surface area contributed by atoms with E-state index in [1.807, 2.05) is 26.0 Å². The van der Waals surface area contributed by atoms with Gasteiger partial charge in [-0.2, -0.15) is 0 Å². The minimum atomic E-state index is -0.563. The van der Waals surface area contributed by atoms with Crippen LogP contribution in [0, 0.1) is 5.82 Å². The summed E-state index contributed by atoms with van der Waals surface area (Å²) in [6.45, 7) is 4.69. The summed E-state index contributed by atoms with van der Waals surface area (Å²) in [5, 5.41) is 2.61. The van der Waals surface area contributed by atoms with Gasteiger partial charge in [-0.15, -0.1) is 0 Å². The van der Waals surface area contributed by atoms with Crippen LogP contribution in [0.15, 0.2) is 59.2 Å². The molecule has 1 aromatic heterocycles. The van der Waals surface area contributed by atoms with Crippen LogP contribution in [0.2, 0.25) is 0 Å². The average Bonchev–Trinajstić information content (AvgIpc) is 3.20. The minimum absolute atomic E-state index is 0.0130. The lowest BCUT2D eigenvalue weighted by Gasteiger charge is -2.09. The van der Waals surface area contributed by atoms with Crippen molar-refractivity contribution in [3.05, 3.63) is 76.1 Å². The molecule has 0 atom stereocenters. The molecule has 28 heavy (non-hydrogen) atoms. The van der Waals surface area contributed by atoms with Crippen molar-refractivity contribution in [1.82, 2.24) is 4.98 Å². The molecule has 1 aliphatic rings. The molecule has 4 nitrogen and oxygen atoms in total. The van der Waals surface area contributed by atoms with Gasteiger partial charge in [0.05, 0.1) is 16.6 Å². The third kappa shape index (κ3) is 4.22. The van der Waals surface area contributed by atoms with E-state index in [0.717, 1.165) is 33.3 Å². The molecule has 4 rings (SSSR count). The smallest absolute Gasteiger partial charge is 0.259 e. The summed E-state index contributed by atoms with van der Waals surface area (Å²) in [5.74, 6) is 0.175. The molecule has 0 radical (unpaired) electrons. The Morgan fingerprint density at radius 1 is 1.14 bits per heavy atom. The molecule has 0 saturated heterocycles. The fourth-order valence-electron chi connectivity index (χ4n) is 2.90. The van der Waals surface area contributed by atoms with Crippen molar-refractivity contribution in [3.8, 4) is 16.9 Å². The van der Waals surface area contributed by atoms with E-state index in [-0.39, 0.29) is 5.56 Å². The first-order valence-electron chi connectivity index (χ1n) is 9.09. The van der Waals surface area contributed by atoms with Crippen molar-refractivity contribution in [2.75, 3.05) is 11.9 Å². The molecule has 0 aliphatic carbocycles. The summed E-state index contributed by atoms with van der Waals surface area (Å²) in [7, 11) is 0. The topological polar surface area (TPSA) is 51.2 Å². The number of nitrogens with zero attached hydrogens (tertiary/aromatic N) is 1. The molecule has 6 heteroatoms. The number of halogens is 2. The lowest BCUT2D eigenvalue weighted by molar-refractivity contribution is 0.102. The van der Waals surface area contributed by atoms with Gasteiger partial charge in [0.25, 0.3) is 5.91 Å². The van der Waals surface area contributed by atoms with Crippen LogP contribution >= 0.6 is 15.9 Å². The fraction of sp³-hybridized carbons (Fsp3) is 0.182. The van der Waals surface area contributed by atoms with Gasteiger partial charge in [-0.25, -0.2) is 9.37 Å². The van der Waals surface area contributed by atoms with E-state index in [1.54, 1.807) is 24.4 Å². The number of hydrogen-bond donors (Lipinski definition) is 1. The monoisotopic (exact) mass is 442 g/mol. The second-order valence-electron chi connectivity index (χ2n) is 5.91. The zero-order valence-electron chi connectivity index (χ0n) is 15.6. The summed E-state index contributed by atoms with van der Waals surface area (Å²) < 4.78 is 20.2. The molecule has 1 N–H and O–H groups in total. The highest BCUT2D eigenvalue weighted by Crippen LogP contribution is 2.37. The van der Waals surface area contributed by atoms with Gasteiger partial charge in [-0.05, 0) is 63.5 Å². The molecule has 144 valence electrons. The standard InChI is InChI=1S/C20H14BrFN2O2.C2H6/c21-16-10-14(9-12-7-8-26-19(12)16)13-5-6-18(23-11-13)24-20(25)15-3-1-2-4-17(15)22;1-2/h1-6,9-11H,7-8H2,(H,23,24,25);1-2H3. The number of aromatic nitrogens is 1. The first kappa shape index (κ1) is 20.0. The van der Waals surface area contributed by atoms with Crippen LogP contribution < -0.4 is 10.1 Å². The maximum absolute atomic E-state index is 13.7. The van der Waals surface area contributed by atoms with Crippen LogP contribution in [0.3, 0.4) is 0 Å². The van der Waals surface area contributed by atoms with Crippen LogP contribution in [-0.4, -0.2) is 17.5 Å². The Morgan fingerprint density at radius 3 is 2.64 bits per heavy atom. The van der Waals surface area contributed by atoms with Gasteiger partial charge in [-0.3, -0.25) is 4.79 Å². The Hall–Kier alpha value is -2.73. The first-order valence-corrected chi connectivity index (χ1v) is 9.88. The average molecular weight is 443 g/mol. The summed E-state index contributed by atoms with van der Waals surface area (Å²) in [5.41, 5.74) is 3.08. The van der Waals surface area contributed by atoms with Crippen LogP contribution in [0.1, 0.15) is 29.8 Å². The number of pyridine rings is 1. The fourth-order valence-corrected chi connectivity index (χ4v) is 3.51. The van der Waals surface area contributed by atoms with Gasteiger partial charge in [0.15, 0.2) is 0 Å². The molecule has 1 aliphatic heterocycles. The Bertz CT molecular complexity index is 990. The highest BCUT2D eigenvalue weighted by molar-refractivity contribution is 9.10. The van der Waals surface area contributed by atoms with Gasteiger partial charge in [-0.1, -0.05) is 26.0 Å². The molecule has 2 aromatic carbocycles. The maximum atomic E-state index is 13.7. The highest BCUT2D eigenvalue weighted by Gasteiger charge is 2.17. The van der Waals surface area contributed by atoms with Crippen LogP contribution in [-0.2, 0) is 6.42 Å². The van der Waals surface area contributed by atoms with Crippen molar-refractivity contribution in [3.63, 3.8) is 0 Å². The number of nitrogens with one attached hydrogen (secondary N) is 1. The molecular formula is C22H20BrFN2O2. The Labute approximate surface area is 171 Å². The number of benzene rings is 2. The normalized spacial score (nSPS) is 11.7. The molecule has 2 heterocycles. The lowest BCUT2D eigenvalue weighted by Crippen LogP contribution is -2.14. The van der Waals surface area contributed by atoms with Crippen LogP contribution in [0.25, 0.3) is 11.1 Å². The zero-order valence-corrected chi connectivity index (χ0v) is 17.2. The first-order chi connectivity index (χ1) is 13.6. The number of fused-ring (bicyclic) bond motifs is 1. The molecule has 0 spiro atoms. The van der Waals surface area contributed by atoms with E-state index in [2.05, 4.69) is 32.3 Å². The van der Waals surface area contributed by atoms with E-state index in [1.165, 1.54) is 12.1 Å². The summed E-state index contributed by atoms with van der Waals surface area (Å²) in [6, 6.07) is 13.5. The van der Waals surface area contributed by atoms with Crippen molar-refractivity contribution in [1.29, 1.82) is 0 Å². The number of hydrogen-bond acceptors (Lipinski definition) is 3. The third-order valence-corrected chi connectivity index (χ3v) is 4.78. The highest BCUT2D eigenvalue weighted by atomic mass is 79.9. The number of carbonyl (C=O) groups excluding carboxylic acids is 1. The number of ether oxygens (including phenoxy) is 1. The Balaban J connectivity index is 0.00000109. The van der Waals surface area contributed by atoms with Gasteiger partial charge < -0.3 is 10.1 Å². The molecule has 0 fully saturated rings. The predicted octanol–water partition coefficient (Wildman–Crippen LogP) is 5.86. The second kappa shape index (κ2) is 8.97. The SMILES string of the molecule is CC.O=C(Nc1ccc(-c2cc(Br)c3c(c2)CCO3)cn1)c1ccccc1F. The Morgan fingerprint density at radius 2 is 1.93 bits per heavy atom. The molecule has 3 aromatic rings.